The average Bonchev–Trinajstić information content (AvgIpc) is 2.79. The van der Waals surface area contributed by atoms with Crippen LogP contribution in [0.1, 0.15) is 39.5 Å². The Balaban J connectivity index is 1.70. The van der Waals surface area contributed by atoms with Crippen molar-refractivity contribution in [2.75, 3.05) is 6.61 Å². The van der Waals surface area contributed by atoms with Gasteiger partial charge in [0.15, 0.2) is 0 Å². The minimum Gasteiger partial charge on any atom is -0.462 e. The molecule has 3 rings (SSSR count). The third kappa shape index (κ3) is 2.95. The van der Waals surface area contributed by atoms with Gasteiger partial charge in [0.2, 0.25) is 0 Å². The number of carbonyl (C=O) groups is 3. The molecule has 0 aromatic carbocycles. The first-order valence-corrected chi connectivity index (χ1v) is 8.64. The fourth-order valence-corrected chi connectivity index (χ4v) is 5.01. The van der Waals surface area contributed by atoms with E-state index in [2.05, 4.69) is 5.32 Å². The molecule has 2 aliphatic carbocycles. The van der Waals surface area contributed by atoms with Crippen molar-refractivity contribution in [1.82, 2.24) is 5.32 Å². The van der Waals surface area contributed by atoms with E-state index in [-0.39, 0.29) is 47.9 Å². The zero-order valence-electron chi connectivity index (χ0n) is 13.7. The van der Waals surface area contributed by atoms with E-state index in [0.717, 1.165) is 32.0 Å². The number of hydrogen-bond acceptors (Lipinski definition) is 5. The number of rotatable bonds is 3. The number of ether oxygens (including phenoxy) is 2. The molecule has 1 N–H and O–H groups in total. The second kappa shape index (κ2) is 6.49. The van der Waals surface area contributed by atoms with E-state index >= 15 is 0 Å². The molecule has 0 bridgehead atoms. The molecule has 2 saturated carbocycles. The van der Waals surface area contributed by atoms with Gasteiger partial charge in [-0.15, -0.1) is 0 Å². The zero-order chi connectivity index (χ0) is 16.6. The lowest BCUT2D eigenvalue weighted by molar-refractivity contribution is -0.144. The van der Waals surface area contributed by atoms with E-state index < -0.39 is 0 Å². The van der Waals surface area contributed by atoms with Crippen LogP contribution in [-0.2, 0) is 19.1 Å². The van der Waals surface area contributed by atoms with Crippen molar-refractivity contribution in [1.29, 1.82) is 0 Å². The lowest BCUT2D eigenvalue weighted by Gasteiger charge is -2.46. The maximum atomic E-state index is 12.1. The third-order valence-corrected chi connectivity index (χ3v) is 5.90. The molecule has 1 aliphatic heterocycles. The van der Waals surface area contributed by atoms with Crippen molar-refractivity contribution in [3.63, 3.8) is 0 Å². The van der Waals surface area contributed by atoms with E-state index in [0.29, 0.717) is 12.5 Å². The molecule has 3 aliphatic rings. The highest BCUT2D eigenvalue weighted by Crippen LogP contribution is 2.52. The SMILES string of the molecule is CCOC(=O)N[C@@H]1CC[C@H]2C(C=O)[C@@H]3[C@@H](C)OC(=O)[C@@H]3C[C@@H]2C1. The monoisotopic (exact) mass is 323 g/mol. The number of hydrogen-bond donors (Lipinski definition) is 1. The summed E-state index contributed by atoms with van der Waals surface area (Å²) < 4.78 is 10.3. The summed E-state index contributed by atoms with van der Waals surface area (Å²) in [5.41, 5.74) is 0. The molecule has 23 heavy (non-hydrogen) atoms. The summed E-state index contributed by atoms with van der Waals surface area (Å²) in [5, 5.41) is 2.90. The Labute approximate surface area is 136 Å². The van der Waals surface area contributed by atoms with E-state index in [4.69, 9.17) is 9.47 Å². The van der Waals surface area contributed by atoms with Gasteiger partial charge in [-0.2, -0.15) is 0 Å². The van der Waals surface area contributed by atoms with Crippen LogP contribution < -0.4 is 5.32 Å². The summed E-state index contributed by atoms with van der Waals surface area (Å²) in [5.74, 6) is 0.173. The van der Waals surface area contributed by atoms with Crippen LogP contribution in [0.25, 0.3) is 0 Å². The van der Waals surface area contributed by atoms with Gasteiger partial charge in [0, 0.05) is 17.9 Å². The van der Waals surface area contributed by atoms with Crippen LogP contribution >= 0.6 is 0 Å². The second-order valence-corrected chi connectivity index (χ2v) is 7.07. The Morgan fingerprint density at radius 2 is 2.17 bits per heavy atom. The highest BCUT2D eigenvalue weighted by Gasteiger charge is 2.55. The molecule has 1 amide bonds. The van der Waals surface area contributed by atoms with E-state index in [1.54, 1.807) is 6.92 Å². The molecule has 6 heteroatoms. The number of alkyl carbamates (subject to hydrolysis) is 1. The van der Waals surface area contributed by atoms with Gasteiger partial charge in [0.05, 0.1) is 12.5 Å². The fraction of sp³-hybridized carbons (Fsp3) is 0.824. The summed E-state index contributed by atoms with van der Waals surface area (Å²) in [4.78, 5) is 35.4. The van der Waals surface area contributed by atoms with Gasteiger partial charge in [-0.3, -0.25) is 4.79 Å². The second-order valence-electron chi connectivity index (χ2n) is 7.07. The first-order valence-electron chi connectivity index (χ1n) is 8.64. The fourth-order valence-electron chi connectivity index (χ4n) is 5.01. The Hall–Kier alpha value is -1.59. The van der Waals surface area contributed by atoms with Crippen molar-refractivity contribution in [2.45, 2.75) is 51.7 Å². The molecule has 0 spiro atoms. The first-order chi connectivity index (χ1) is 11.0. The minimum absolute atomic E-state index is 0.0239. The summed E-state index contributed by atoms with van der Waals surface area (Å²) in [6, 6.07) is 0.0639. The molecule has 0 aromatic heterocycles. The highest BCUT2D eigenvalue weighted by molar-refractivity contribution is 5.77. The topological polar surface area (TPSA) is 81.7 Å². The lowest BCUT2D eigenvalue weighted by atomic mass is 9.57. The smallest absolute Gasteiger partial charge is 0.407 e. The van der Waals surface area contributed by atoms with Crippen molar-refractivity contribution in [3.05, 3.63) is 0 Å². The molecule has 128 valence electrons. The Bertz CT molecular complexity index is 493. The van der Waals surface area contributed by atoms with Crippen LogP contribution in [0.5, 0.6) is 0 Å². The van der Waals surface area contributed by atoms with E-state index in [9.17, 15) is 14.4 Å². The number of fused-ring (bicyclic) bond motifs is 2. The maximum Gasteiger partial charge on any atom is 0.407 e. The Kier molecular flexibility index (Phi) is 4.60. The predicted octanol–water partition coefficient (Wildman–Crippen LogP) is 1.91. The molecular formula is C17H25NO5. The van der Waals surface area contributed by atoms with Gasteiger partial charge in [0.1, 0.15) is 12.4 Å². The summed E-state index contributed by atoms with van der Waals surface area (Å²) >= 11 is 0. The standard InChI is InChI=1S/C17H25NO5/c1-3-22-17(21)18-11-4-5-12-10(6-11)7-13-15(14(12)8-19)9(2)23-16(13)20/h8-15H,3-7H2,1-2H3,(H,18,21)/t9-,10+,11-,12-,13-,14?,15-/m1/s1. The van der Waals surface area contributed by atoms with E-state index in [1.807, 2.05) is 6.92 Å². The molecule has 1 heterocycles. The van der Waals surface area contributed by atoms with E-state index in [1.165, 1.54) is 0 Å². The molecule has 0 radical (unpaired) electrons. The average molecular weight is 323 g/mol. The highest BCUT2D eigenvalue weighted by atomic mass is 16.6. The lowest BCUT2D eigenvalue weighted by Crippen LogP contribution is -2.49. The molecule has 7 atom stereocenters. The van der Waals surface area contributed by atoms with Gasteiger partial charge in [0.25, 0.3) is 0 Å². The van der Waals surface area contributed by atoms with Crippen molar-refractivity contribution < 1.29 is 23.9 Å². The first kappa shape index (κ1) is 16.3. The number of carbonyl (C=O) groups excluding carboxylic acids is 3. The molecular weight excluding hydrogens is 298 g/mol. The third-order valence-electron chi connectivity index (χ3n) is 5.90. The zero-order valence-corrected chi connectivity index (χ0v) is 13.7. The van der Waals surface area contributed by atoms with Gasteiger partial charge >= 0.3 is 12.1 Å². The Morgan fingerprint density at radius 3 is 2.87 bits per heavy atom. The molecule has 1 saturated heterocycles. The van der Waals surface area contributed by atoms with Crippen LogP contribution in [0.3, 0.4) is 0 Å². The van der Waals surface area contributed by atoms with Crippen LogP contribution in [0, 0.1) is 29.6 Å². The van der Waals surface area contributed by atoms with Crippen molar-refractivity contribution >= 4 is 18.3 Å². The molecule has 3 fully saturated rings. The molecule has 1 unspecified atom stereocenters. The maximum absolute atomic E-state index is 12.1. The van der Waals surface area contributed by atoms with Gasteiger partial charge < -0.3 is 19.6 Å². The normalized spacial score (nSPS) is 42.2. The summed E-state index contributed by atoms with van der Waals surface area (Å²) in [6.45, 7) is 4.03. The quantitative estimate of drug-likeness (QED) is 0.634. The molecule has 0 aromatic rings. The predicted molar refractivity (Wildman–Crippen MR) is 81.5 cm³/mol. The van der Waals surface area contributed by atoms with Crippen LogP contribution in [0.2, 0.25) is 0 Å². The number of cyclic esters (lactones) is 1. The summed E-state index contributed by atoms with van der Waals surface area (Å²) in [7, 11) is 0. The van der Waals surface area contributed by atoms with Gasteiger partial charge in [-0.25, -0.2) is 4.79 Å². The Morgan fingerprint density at radius 1 is 1.39 bits per heavy atom. The summed E-state index contributed by atoms with van der Waals surface area (Å²) in [6.07, 6.45) is 3.80. The minimum atomic E-state index is -0.384. The number of aldehydes is 1. The van der Waals surface area contributed by atoms with Crippen LogP contribution in [0.15, 0.2) is 0 Å². The van der Waals surface area contributed by atoms with Gasteiger partial charge in [-0.05, 0) is 51.4 Å². The van der Waals surface area contributed by atoms with Crippen molar-refractivity contribution in [3.8, 4) is 0 Å². The van der Waals surface area contributed by atoms with Gasteiger partial charge in [-0.1, -0.05) is 0 Å². The van der Waals surface area contributed by atoms with Crippen LogP contribution in [0.4, 0.5) is 4.79 Å². The number of amides is 1. The van der Waals surface area contributed by atoms with Crippen LogP contribution in [-0.4, -0.2) is 37.1 Å². The molecule has 6 nitrogen and oxygen atoms in total. The number of nitrogens with one attached hydrogen (secondary N) is 1. The van der Waals surface area contributed by atoms with Crippen molar-refractivity contribution in [2.24, 2.45) is 29.6 Å². The number of esters is 1. The largest absolute Gasteiger partial charge is 0.462 e.